The van der Waals surface area contributed by atoms with E-state index in [4.69, 9.17) is 16.6 Å². The van der Waals surface area contributed by atoms with Crippen LogP contribution in [-0.2, 0) is 11.2 Å². The van der Waals surface area contributed by atoms with Crippen molar-refractivity contribution < 1.29 is 9.59 Å². The highest BCUT2D eigenvalue weighted by atomic mass is 35.5. The lowest BCUT2D eigenvalue weighted by molar-refractivity contribution is -0.114. The molecule has 1 aliphatic rings. The Balaban J connectivity index is 1.45. The molecular weight excluding hydrogens is 422 g/mol. The van der Waals surface area contributed by atoms with Gasteiger partial charge < -0.3 is 10.2 Å². The van der Waals surface area contributed by atoms with Crippen LogP contribution >= 0.6 is 11.6 Å². The Hall–Kier alpha value is -3.18. The summed E-state index contributed by atoms with van der Waals surface area (Å²) in [6.45, 7) is 2.85. The summed E-state index contributed by atoms with van der Waals surface area (Å²) in [5.74, 6) is 0.0843. The van der Waals surface area contributed by atoms with Gasteiger partial charge in [0.05, 0.1) is 0 Å². The Labute approximate surface area is 193 Å². The Kier molecular flexibility index (Phi) is 6.86. The minimum absolute atomic E-state index is 0.0105. The van der Waals surface area contributed by atoms with Gasteiger partial charge in [0.2, 0.25) is 5.91 Å². The molecule has 1 saturated heterocycles. The van der Waals surface area contributed by atoms with Crippen LogP contribution < -0.4 is 5.32 Å². The number of aromatic nitrogens is 1. The average Bonchev–Trinajstić information content (AvgIpc) is 2.80. The average molecular weight is 448 g/mol. The standard InChI is InChI=1S/C26H26ClN3O2/c1-18(31)28-22-13-11-19(12-14-22)26(32)30-15-5-7-21(17-30)25-10-4-8-23(29-25)16-20-6-2-3-9-24(20)27/h2-4,6,8-14,21H,5,7,15-17H2,1H3,(H,28,31). The topological polar surface area (TPSA) is 62.3 Å². The molecule has 1 fully saturated rings. The molecule has 5 nitrogen and oxygen atoms in total. The van der Waals surface area contributed by atoms with Crippen LogP contribution in [0.4, 0.5) is 5.69 Å². The molecule has 0 spiro atoms. The lowest BCUT2D eigenvalue weighted by Gasteiger charge is -2.32. The molecule has 4 rings (SSSR count). The first kappa shape index (κ1) is 22.0. The molecule has 2 heterocycles. The molecule has 1 atom stereocenters. The van der Waals surface area contributed by atoms with E-state index < -0.39 is 0 Å². The van der Waals surface area contributed by atoms with E-state index in [1.165, 1.54) is 6.92 Å². The highest BCUT2D eigenvalue weighted by molar-refractivity contribution is 6.31. The SMILES string of the molecule is CC(=O)Nc1ccc(C(=O)N2CCCC(c3cccc(Cc4ccccc4Cl)n3)C2)cc1. The molecule has 1 unspecified atom stereocenters. The number of carbonyl (C=O) groups excluding carboxylic acids is 2. The van der Waals surface area contributed by atoms with Crippen molar-refractivity contribution in [3.05, 3.63) is 94.3 Å². The fourth-order valence-corrected chi connectivity index (χ4v) is 4.35. The van der Waals surface area contributed by atoms with E-state index in [1.807, 2.05) is 41.3 Å². The summed E-state index contributed by atoms with van der Waals surface area (Å²) >= 11 is 6.32. The number of likely N-dealkylation sites (tertiary alicyclic amines) is 1. The second-order valence-electron chi connectivity index (χ2n) is 8.17. The van der Waals surface area contributed by atoms with Crippen molar-refractivity contribution in [1.82, 2.24) is 9.88 Å². The van der Waals surface area contributed by atoms with Gasteiger partial charge in [0.1, 0.15) is 0 Å². The number of rotatable bonds is 5. The normalized spacial score (nSPS) is 15.9. The van der Waals surface area contributed by atoms with Crippen molar-refractivity contribution in [2.24, 2.45) is 0 Å². The molecule has 1 aliphatic heterocycles. The van der Waals surface area contributed by atoms with Gasteiger partial charge in [-0.25, -0.2) is 0 Å². The Morgan fingerprint density at radius 2 is 1.84 bits per heavy atom. The van der Waals surface area contributed by atoms with Crippen LogP contribution in [0.5, 0.6) is 0 Å². The number of anilines is 1. The van der Waals surface area contributed by atoms with Crippen LogP contribution in [0.15, 0.2) is 66.7 Å². The van der Waals surface area contributed by atoms with Gasteiger partial charge in [-0.05, 0) is 60.9 Å². The largest absolute Gasteiger partial charge is 0.338 e. The van der Waals surface area contributed by atoms with Crippen LogP contribution in [0.3, 0.4) is 0 Å². The highest BCUT2D eigenvalue weighted by Crippen LogP contribution is 2.28. The number of hydrogen-bond acceptors (Lipinski definition) is 3. The van der Waals surface area contributed by atoms with Crippen molar-refractivity contribution in [2.75, 3.05) is 18.4 Å². The third kappa shape index (κ3) is 5.35. The van der Waals surface area contributed by atoms with E-state index in [0.29, 0.717) is 24.2 Å². The molecule has 164 valence electrons. The number of hydrogen-bond donors (Lipinski definition) is 1. The first-order chi connectivity index (χ1) is 15.5. The highest BCUT2D eigenvalue weighted by Gasteiger charge is 2.26. The second-order valence-corrected chi connectivity index (χ2v) is 8.58. The molecule has 0 saturated carbocycles. The summed E-state index contributed by atoms with van der Waals surface area (Å²) in [6.07, 6.45) is 2.63. The molecule has 3 aromatic rings. The van der Waals surface area contributed by atoms with Gasteiger partial charge >= 0.3 is 0 Å². The van der Waals surface area contributed by atoms with Crippen molar-refractivity contribution in [2.45, 2.75) is 32.1 Å². The van der Waals surface area contributed by atoms with Crippen LogP contribution in [-0.4, -0.2) is 34.8 Å². The molecule has 2 amide bonds. The Morgan fingerprint density at radius 3 is 2.59 bits per heavy atom. The summed E-state index contributed by atoms with van der Waals surface area (Å²) in [5, 5.41) is 3.47. The lowest BCUT2D eigenvalue weighted by atomic mass is 9.93. The summed E-state index contributed by atoms with van der Waals surface area (Å²) in [6, 6.07) is 21.0. The lowest BCUT2D eigenvalue weighted by Crippen LogP contribution is -2.39. The van der Waals surface area contributed by atoms with Crippen molar-refractivity contribution >= 4 is 29.1 Å². The molecule has 0 aliphatic carbocycles. The van der Waals surface area contributed by atoms with E-state index in [1.54, 1.807) is 24.3 Å². The van der Waals surface area contributed by atoms with Crippen molar-refractivity contribution in [1.29, 1.82) is 0 Å². The zero-order valence-corrected chi connectivity index (χ0v) is 18.8. The summed E-state index contributed by atoms with van der Waals surface area (Å²) in [5.41, 5.74) is 4.37. The summed E-state index contributed by atoms with van der Waals surface area (Å²) < 4.78 is 0. The number of piperidine rings is 1. The number of amides is 2. The van der Waals surface area contributed by atoms with Gasteiger partial charge in [0.15, 0.2) is 0 Å². The predicted octanol–water partition coefficient (Wildman–Crippen LogP) is 5.30. The maximum Gasteiger partial charge on any atom is 0.253 e. The molecule has 1 aromatic heterocycles. The summed E-state index contributed by atoms with van der Waals surface area (Å²) in [7, 11) is 0. The van der Waals surface area contributed by atoms with Gasteiger partial charge in [-0.1, -0.05) is 35.9 Å². The fourth-order valence-electron chi connectivity index (χ4n) is 4.15. The second kappa shape index (κ2) is 9.96. The minimum atomic E-state index is -0.132. The number of halogens is 1. The molecular formula is C26H26ClN3O2. The zero-order valence-electron chi connectivity index (χ0n) is 18.1. The van der Waals surface area contributed by atoms with E-state index in [0.717, 1.165) is 41.4 Å². The monoisotopic (exact) mass is 447 g/mol. The summed E-state index contributed by atoms with van der Waals surface area (Å²) in [4.78, 5) is 31.1. The van der Waals surface area contributed by atoms with E-state index in [-0.39, 0.29) is 17.7 Å². The molecule has 6 heteroatoms. The minimum Gasteiger partial charge on any atom is -0.338 e. The zero-order chi connectivity index (χ0) is 22.5. The number of carbonyl (C=O) groups is 2. The number of benzene rings is 2. The maximum absolute atomic E-state index is 13.1. The van der Waals surface area contributed by atoms with Gasteiger partial charge in [-0.3, -0.25) is 14.6 Å². The van der Waals surface area contributed by atoms with Crippen LogP contribution in [0.25, 0.3) is 0 Å². The van der Waals surface area contributed by atoms with Gasteiger partial charge in [0.25, 0.3) is 5.91 Å². The van der Waals surface area contributed by atoms with Gasteiger partial charge in [0, 0.05) is 60.0 Å². The quantitative estimate of drug-likeness (QED) is 0.577. The first-order valence-corrected chi connectivity index (χ1v) is 11.2. The third-order valence-corrected chi connectivity index (χ3v) is 6.11. The van der Waals surface area contributed by atoms with Gasteiger partial charge in [-0.2, -0.15) is 0 Å². The number of nitrogens with zero attached hydrogens (tertiary/aromatic N) is 2. The molecule has 1 N–H and O–H groups in total. The molecule has 0 bridgehead atoms. The van der Waals surface area contributed by atoms with Crippen LogP contribution in [0.2, 0.25) is 5.02 Å². The van der Waals surface area contributed by atoms with E-state index >= 15 is 0 Å². The molecule has 2 aromatic carbocycles. The predicted molar refractivity (Wildman–Crippen MR) is 127 cm³/mol. The maximum atomic E-state index is 13.1. The third-order valence-electron chi connectivity index (χ3n) is 5.74. The molecule has 0 radical (unpaired) electrons. The fraction of sp³-hybridized carbons (Fsp3) is 0.269. The van der Waals surface area contributed by atoms with Crippen molar-refractivity contribution in [3.63, 3.8) is 0 Å². The number of pyridine rings is 1. The van der Waals surface area contributed by atoms with Crippen molar-refractivity contribution in [3.8, 4) is 0 Å². The Bertz CT molecular complexity index is 1110. The smallest absolute Gasteiger partial charge is 0.253 e. The van der Waals surface area contributed by atoms with Crippen LogP contribution in [0, 0.1) is 0 Å². The number of nitrogens with one attached hydrogen (secondary N) is 1. The molecule has 32 heavy (non-hydrogen) atoms. The Morgan fingerprint density at radius 1 is 1.06 bits per heavy atom. The van der Waals surface area contributed by atoms with E-state index in [9.17, 15) is 9.59 Å². The first-order valence-electron chi connectivity index (χ1n) is 10.9. The van der Waals surface area contributed by atoms with E-state index in [2.05, 4.69) is 11.4 Å². The van der Waals surface area contributed by atoms with Crippen LogP contribution in [0.1, 0.15) is 53.0 Å². The van der Waals surface area contributed by atoms with Gasteiger partial charge in [-0.15, -0.1) is 0 Å².